The zero-order valence-corrected chi connectivity index (χ0v) is 9.54. The van der Waals surface area contributed by atoms with E-state index in [1.807, 2.05) is 0 Å². The Hall–Kier alpha value is -1.32. The largest absolute Gasteiger partial charge is 0.481 e. The van der Waals surface area contributed by atoms with Crippen LogP contribution in [0.15, 0.2) is 12.2 Å². The van der Waals surface area contributed by atoms with Crippen LogP contribution in [-0.4, -0.2) is 22.2 Å². The lowest BCUT2D eigenvalue weighted by Crippen LogP contribution is -2.42. The third kappa shape index (κ3) is 0.867. The highest BCUT2D eigenvalue weighted by atomic mass is 16.4. The van der Waals surface area contributed by atoms with E-state index in [2.05, 4.69) is 6.58 Å². The number of carbonyl (C=O) groups is 2. The number of carboxylic acid groups (broad SMARTS) is 2. The van der Waals surface area contributed by atoms with Gasteiger partial charge in [-0.25, -0.2) is 0 Å². The fourth-order valence-electron chi connectivity index (χ4n) is 3.56. The minimum Gasteiger partial charge on any atom is -0.481 e. The number of fused-ring (bicyclic) bond motifs is 2. The molecule has 2 fully saturated rings. The highest BCUT2D eigenvalue weighted by Crippen LogP contribution is 2.72. The van der Waals surface area contributed by atoms with Crippen molar-refractivity contribution in [2.45, 2.75) is 33.1 Å². The van der Waals surface area contributed by atoms with Crippen LogP contribution in [0.3, 0.4) is 0 Å². The van der Waals surface area contributed by atoms with Gasteiger partial charge in [-0.1, -0.05) is 26.0 Å². The zero-order valence-electron chi connectivity index (χ0n) is 9.54. The number of rotatable bonds is 2. The van der Waals surface area contributed by atoms with Gasteiger partial charge in [0.25, 0.3) is 0 Å². The minimum atomic E-state index is -1.01. The predicted molar refractivity (Wildman–Crippen MR) is 56.9 cm³/mol. The van der Waals surface area contributed by atoms with Gasteiger partial charge in [-0.05, 0) is 19.3 Å². The SMILES string of the molecule is C=C1C(C)(C)[C@]2(C(=O)O)CC[C@@]1(C(=O)O)C2. The molecule has 0 radical (unpaired) electrons. The van der Waals surface area contributed by atoms with Crippen molar-refractivity contribution < 1.29 is 19.8 Å². The van der Waals surface area contributed by atoms with Gasteiger partial charge in [0, 0.05) is 5.41 Å². The average molecular weight is 224 g/mol. The van der Waals surface area contributed by atoms with E-state index in [1.54, 1.807) is 13.8 Å². The van der Waals surface area contributed by atoms with Crippen LogP contribution in [0.5, 0.6) is 0 Å². The Labute approximate surface area is 94.0 Å². The Morgan fingerprint density at radius 3 is 2.06 bits per heavy atom. The fraction of sp³-hybridized carbons (Fsp3) is 0.667. The molecule has 0 unspecified atom stereocenters. The molecule has 16 heavy (non-hydrogen) atoms. The summed E-state index contributed by atoms with van der Waals surface area (Å²) in [6, 6.07) is 0. The lowest BCUT2D eigenvalue weighted by Gasteiger charge is -2.41. The average Bonchev–Trinajstić information content (AvgIpc) is 2.64. The molecular formula is C12H16O4. The Morgan fingerprint density at radius 1 is 1.19 bits per heavy atom. The van der Waals surface area contributed by atoms with E-state index >= 15 is 0 Å². The van der Waals surface area contributed by atoms with Gasteiger partial charge in [-0.3, -0.25) is 9.59 Å². The molecule has 2 N–H and O–H groups in total. The summed E-state index contributed by atoms with van der Waals surface area (Å²) in [6.45, 7) is 7.46. The second kappa shape index (κ2) is 2.67. The molecule has 2 rings (SSSR count). The minimum absolute atomic E-state index is 0.191. The van der Waals surface area contributed by atoms with E-state index in [4.69, 9.17) is 0 Å². The van der Waals surface area contributed by atoms with Crippen molar-refractivity contribution in [1.82, 2.24) is 0 Å². The first-order valence-electron chi connectivity index (χ1n) is 5.37. The van der Waals surface area contributed by atoms with E-state index in [0.29, 0.717) is 18.4 Å². The molecular weight excluding hydrogens is 208 g/mol. The van der Waals surface area contributed by atoms with Gasteiger partial charge in [0.1, 0.15) is 0 Å². The summed E-state index contributed by atoms with van der Waals surface area (Å²) in [5.74, 6) is -1.81. The first-order chi connectivity index (χ1) is 7.21. The summed E-state index contributed by atoms with van der Waals surface area (Å²) < 4.78 is 0. The topological polar surface area (TPSA) is 74.6 Å². The van der Waals surface area contributed by atoms with Crippen molar-refractivity contribution in [3.63, 3.8) is 0 Å². The summed E-state index contributed by atoms with van der Waals surface area (Å²) in [5.41, 5.74) is -2.03. The number of hydrogen-bond donors (Lipinski definition) is 2. The van der Waals surface area contributed by atoms with E-state index in [9.17, 15) is 19.8 Å². The van der Waals surface area contributed by atoms with Crippen molar-refractivity contribution in [3.05, 3.63) is 12.2 Å². The fourth-order valence-corrected chi connectivity index (χ4v) is 3.56. The summed E-state index contributed by atoms with van der Waals surface area (Å²) >= 11 is 0. The lowest BCUT2D eigenvalue weighted by atomic mass is 9.61. The molecule has 0 heterocycles. The van der Waals surface area contributed by atoms with Crippen LogP contribution in [0.25, 0.3) is 0 Å². The normalized spacial score (nSPS) is 40.0. The van der Waals surface area contributed by atoms with Crippen LogP contribution < -0.4 is 0 Å². The maximum absolute atomic E-state index is 11.5. The van der Waals surface area contributed by atoms with Gasteiger partial charge in [0.2, 0.25) is 0 Å². The Kier molecular flexibility index (Phi) is 1.87. The molecule has 2 bridgehead atoms. The van der Waals surface area contributed by atoms with Crippen molar-refractivity contribution in [2.75, 3.05) is 0 Å². The first kappa shape index (κ1) is 11.2. The summed E-state index contributed by atoms with van der Waals surface area (Å²) in [4.78, 5) is 22.9. The molecule has 0 aromatic heterocycles. The Morgan fingerprint density at radius 2 is 1.75 bits per heavy atom. The molecule has 4 heteroatoms. The van der Waals surface area contributed by atoms with E-state index in [-0.39, 0.29) is 6.42 Å². The van der Waals surface area contributed by atoms with E-state index in [0.717, 1.165) is 0 Å². The second-order valence-corrected chi connectivity index (χ2v) is 5.55. The highest BCUT2D eigenvalue weighted by Gasteiger charge is 2.72. The van der Waals surface area contributed by atoms with Gasteiger partial charge >= 0.3 is 11.9 Å². The van der Waals surface area contributed by atoms with Gasteiger partial charge in [0.15, 0.2) is 0 Å². The van der Waals surface area contributed by atoms with Crippen LogP contribution in [-0.2, 0) is 9.59 Å². The molecule has 0 spiro atoms. The zero-order chi connectivity index (χ0) is 12.4. The van der Waals surface area contributed by atoms with Gasteiger partial charge in [0.05, 0.1) is 10.8 Å². The first-order valence-corrected chi connectivity index (χ1v) is 5.37. The molecule has 2 aliphatic carbocycles. The van der Waals surface area contributed by atoms with E-state index in [1.165, 1.54) is 0 Å². The Balaban J connectivity index is 2.61. The van der Waals surface area contributed by atoms with E-state index < -0.39 is 28.2 Å². The van der Waals surface area contributed by atoms with Crippen molar-refractivity contribution in [1.29, 1.82) is 0 Å². The van der Waals surface area contributed by atoms with Gasteiger partial charge < -0.3 is 10.2 Å². The van der Waals surface area contributed by atoms with Crippen LogP contribution in [0.1, 0.15) is 33.1 Å². The number of hydrogen-bond acceptors (Lipinski definition) is 2. The molecule has 0 saturated heterocycles. The predicted octanol–water partition coefficient (Wildman–Crippen LogP) is 1.91. The molecule has 0 aliphatic heterocycles. The molecule has 0 amide bonds. The Bertz CT molecular complexity index is 409. The lowest BCUT2D eigenvalue weighted by molar-refractivity contribution is -0.153. The standard InChI is InChI=1S/C12H16O4/c1-7-10(2,3)12(9(15)16)5-4-11(7,6-12)8(13)14/h1,4-6H2,2-3H3,(H,13,14)(H,15,16)/t11-,12-/m1/s1. The third-order valence-electron chi connectivity index (χ3n) is 4.93. The number of aliphatic carboxylic acids is 2. The molecule has 88 valence electrons. The van der Waals surface area contributed by atoms with Crippen LogP contribution in [0.2, 0.25) is 0 Å². The van der Waals surface area contributed by atoms with Gasteiger partial charge in [-0.15, -0.1) is 0 Å². The number of carboxylic acids is 2. The molecule has 2 saturated carbocycles. The maximum Gasteiger partial charge on any atom is 0.313 e. The quantitative estimate of drug-likeness (QED) is 0.702. The summed E-state index contributed by atoms with van der Waals surface area (Å²) in [5, 5.41) is 18.7. The van der Waals surface area contributed by atoms with Crippen molar-refractivity contribution in [3.8, 4) is 0 Å². The van der Waals surface area contributed by atoms with Gasteiger partial charge in [-0.2, -0.15) is 0 Å². The molecule has 4 nitrogen and oxygen atoms in total. The smallest absolute Gasteiger partial charge is 0.313 e. The van der Waals surface area contributed by atoms with Crippen LogP contribution >= 0.6 is 0 Å². The van der Waals surface area contributed by atoms with Crippen molar-refractivity contribution in [2.24, 2.45) is 16.2 Å². The van der Waals surface area contributed by atoms with Crippen molar-refractivity contribution >= 4 is 11.9 Å². The third-order valence-corrected chi connectivity index (χ3v) is 4.93. The summed E-state index contributed by atoms with van der Waals surface area (Å²) in [6.07, 6.45) is 1.02. The molecule has 0 aromatic rings. The molecule has 2 aliphatic rings. The second-order valence-electron chi connectivity index (χ2n) is 5.55. The highest BCUT2D eigenvalue weighted by molar-refractivity contribution is 5.88. The monoisotopic (exact) mass is 224 g/mol. The maximum atomic E-state index is 11.5. The molecule has 0 aromatic carbocycles. The summed E-state index contributed by atoms with van der Waals surface area (Å²) in [7, 11) is 0. The van der Waals surface area contributed by atoms with Crippen LogP contribution in [0, 0.1) is 16.2 Å². The van der Waals surface area contributed by atoms with Crippen LogP contribution in [0.4, 0.5) is 0 Å². The molecule has 2 atom stereocenters.